The molecule has 2 rings (SSSR count). The number of carboxylic acids is 1. The maximum atomic E-state index is 12.0. The van der Waals surface area contributed by atoms with E-state index in [1.165, 1.54) is 29.2 Å². The van der Waals surface area contributed by atoms with E-state index in [9.17, 15) is 18.0 Å². The molecule has 1 amide bonds. The van der Waals surface area contributed by atoms with Crippen molar-refractivity contribution >= 4 is 21.7 Å². The second-order valence-corrected chi connectivity index (χ2v) is 7.44. The third-order valence-corrected chi connectivity index (χ3v) is 4.82. The largest absolute Gasteiger partial charge is 0.493 e. The van der Waals surface area contributed by atoms with Gasteiger partial charge in [0.15, 0.2) is 9.84 Å². The van der Waals surface area contributed by atoms with Gasteiger partial charge in [-0.1, -0.05) is 0 Å². The number of rotatable bonds is 6. The molecule has 1 fully saturated rings. The number of carbonyl (C=O) groups excluding carboxylic acids is 1. The monoisotopic (exact) mass is 341 g/mol. The van der Waals surface area contributed by atoms with Crippen molar-refractivity contribution in [2.75, 3.05) is 19.4 Å². The second kappa shape index (κ2) is 6.99. The van der Waals surface area contributed by atoms with Crippen molar-refractivity contribution in [3.63, 3.8) is 0 Å². The minimum atomic E-state index is -3.25. The summed E-state index contributed by atoms with van der Waals surface area (Å²) < 4.78 is 28.1. The summed E-state index contributed by atoms with van der Waals surface area (Å²) in [5.74, 6) is -0.766. The van der Waals surface area contributed by atoms with Crippen LogP contribution in [0.2, 0.25) is 0 Å². The van der Waals surface area contributed by atoms with Gasteiger partial charge >= 0.3 is 5.97 Å². The first-order chi connectivity index (χ1) is 10.8. The highest BCUT2D eigenvalue weighted by molar-refractivity contribution is 7.90. The Kier molecular flexibility index (Phi) is 5.25. The number of aliphatic carboxylic acids is 1. The zero-order chi connectivity index (χ0) is 17.0. The zero-order valence-electron chi connectivity index (χ0n) is 12.8. The summed E-state index contributed by atoms with van der Waals surface area (Å²) in [6.45, 7) is 0.568. The molecule has 1 aromatic rings. The predicted molar refractivity (Wildman–Crippen MR) is 82.0 cm³/mol. The lowest BCUT2D eigenvalue weighted by atomic mass is 10.2. The fourth-order valence-electron chi connectivity index (χ4n) is 2.50. The van der Waals surface area contributed by atoms with Crippen LogP contribution in [0.15, 0.2) is 29.2 Å². The van der Waals surface area contributed by atoms with Gasteiger partial charge in [-0.15, -0.1) is 0 Å². The molecule has 0 spiro atoms. The Bertz CT molecular complexity index is 682. The number of benzene rings is 1. The number of hydrogen-bond donors (Lipinski definition) is 1. The van der Waals surface area contributed by atoms with E-state index in [2.05, 4.69) is 0 Å². The SMILES string of the molecule is CS(=O)(=O)c1ccc(OCCC(=O)N2CCC[C@@H]2C(=O)O)cc1. The van der Waals surface area contributed by atoms with Gasteiger partial charge in [-0.25, -0.2) is 13.2 Å². The van der Waals surface area contributed by atoms with E-state index >= 15 is 0 Å². The minimum absolute atomic E-state index is 0.0810. The molecule has 1 aliphatic rings. The Labute approximate surface area is 134 Å². The van der Waals surface area contributed by atoms with E-state index in [1.807, 2.05) is 0 Å². The van der Waals surface area contributed by atoms with Crippen LogP contribution < -0.4 is 4.74 Å². The number of sulfone groups is 1. The van der Waals surface area contributed by atoms with Gasteiger partial charge in [-0.05, 0) is 37.1 Å². The molecule has 126 valence electrons. The molecule has 1 heterocycles. The van der Waals surface area contributed by atoms with Gasteiger partial charge in [0.25, 0.3) is 0 Å². The Morgan fingerprint density at radius 1 is 1.30 bits per heavy atom. The summed E-state index contributed by atoms with van der Waals surface area (Å²) in [4.78, 5) is 24.7. The molecule has 0 aromatic heterocycles. The van der Waals surface area contributed by atoms with Crippen LogP contribution in [-0.4, -0.2) is 55.7 Å². The van der Waals surface area contributed by atoms with Gasteiger partial charge in [0.05, 0.1) is 17.9 Å². The van der Waals surface area contributed by atoms with Gasteiger partial charge in [0.2, 0.25) is 5.91 Å². The summed E-state index contributed by atoms with van der Waals surface area (Å²) in [6.07, 6.45) is 2.37. The number of hydrogen-bond acceptors (Lipinski definition) is 5. The van der Waals surface area contributed by atoms with Crippen molar-refractivity contribution in [2.24, 2.45) is 0 Å². The molecule has 1 aliphatic heterocycles. The molecule has 0 aliphatic carbocycles. The first kappa shape index (κ1) is 17.3. The molecule has 1 atom stereocenters. The summed E-state index contributed by atoms with van der Waals surface area (Å²) in [7, 11) is -3.25. The van der Waals surface area contributed by atoms with E-state index in [0.717, 1.165) is 6.26 Å². The highest BCUT2D eigenvalue weighted by atomic mass is 32.2. The first-order valence-corrected chi connectivity index (χ1v) is 9.13. The zero-order valence-corrected chi connectivity index (χ0v) is 13.6. The molecule has 8 heteroatoms. The quantitative estimate of drug-likeness (QED) is 0.826. The molecule has 1 N–H and O–H groups in total. The van der Waals surface area contributed by atoms with Crippen molar-refractivity contribution in [3.05, 3.63) is 24.3 Å². The smallest absolute Gasteiger partial charge is 0.326 e. The predicted octanol–water partition coefficient (Wildman–Crippen LogP) is 0.935. The maximum absolute atomic E-state index is 12.0. The lowest BCUT2D eigenvalue weighted by Crippen LogP contribution is -2.40. The Balaban J connectivity index is 1.85. The van der Waals surface area contributed by atoms with Crippen LogP contribution in [0.25, 0.3) is 0 Å². The van der Waals surface area contributed by atoms with Crippen molar-refractivity contribution in [1.82, 2.24) is 4.90 Å². The number of carboxylic acid groups (broad SMARTS) is 1. The molecule has 0 radical (unpaired) electrons. The average molecular weight is 341 g/mol. The summed E-state index contributed by atoms with van der Waals surface area (Å²) >= 11 is 0. The van der Waals surface area contributed by atoms with Crippen LogP contribution in [-0.2, 0) is 19.4 Å². The van der Waals surface area contributed by atoms with Crippen LogP contribution in [0.3, 0.4) is 0 Å². The molecular weight excluding hydrogens is 322 g/mol. The van der Waals surface area contributed by atoms with Crippen molar-refractivity contribution in [1.29, 1.82) is 0 Å². The third kappa shape index (κ3) is 4.44. The molecule has 1 aromatic carbocycles. The number of amides is 1. The van der Waals surface area contributed by atoms with Crippen molar-refractivity contribution in [3.8, 4) is 5.75 Å². The second-order valence-electron chi connectivity index (χ2n) is 5.43. The molecule has 0 saturated carbocycles. The van der Waals surface area contributed by atoms with E-state index in [-0.39, 0.29) is 23.8 Å². The van der Waals surface area contributed by atoms with E-state index in [1.54, 1.807) is 0 Å². The molecule has 1 saturated heterocycles. The van der Waals surface area contributed by atoms with Gasteiger partial charge < -0.3 is 14.7 Å². The summed E-state index contributed by atoms with van der Waals surface area (Å²) in [5.41, 5.74) is 0. The molecule has 0 unspecified atom stereocenters. The topological polar surface area (TPSA) is 101 Å². The number of nitrogens with zero attached hydrogens (tertiary/aromatic N) is 1. The Hall–Kier alpha value is -2.09. The lowest BCUT2D eigenvalue weighted by molar-refractivity contribution is -0.148. The van der Waals surface area contributed by atoms with Crippen LogP contribution in [0, 0.1) is 0 Å². The molecular formula is C15H19NO6S. The highest BCUT2D eigenvalue weighted by Crippen LogP contribution is 2.19. The minimum Gasteiger partial charge on any atom is -0.493 e. The maximum Gasteiger partial charge on any atom is 0.326 e. The Morgan fingerprint density at radius 2 is 1.96 bits per heavy atom. The van der Waals surface area contributed by atoms with Gasteiger partial charge in [-0.2, -0.15) is 0 Å². The summed E-state index contributed by atoms with van der Waals surface area (Å²) in [6, 6.07) is 5.19. The fourth-order valence-corrected chi connectivity index (χ4v) is 3.14. The van der Waals surface area contributed by atoms with Crippen molar-refractivity contribution in [2.45, 2.75) is 30.2 Å². The van der Waals surface area contributed by atoms with Crippen LogP contribution >= 0.6 is 0 Å². The first-order valence-electron chi connectivity index (χ1n) is 7.24. The molecule has 23 heavy (non-hydrogen) atoms. The highest BCUT2D eigenvalue weighted by Gasteiger charge is 2.33. The van der Waals surface area contributed by atoms with Crippen LogP contribution in [0.1, 0.15) is 19.3 Å². The van der Waals surface area contributed by atoms with Crippen LogP contribution in [0.5, 0.6) is 5.75 Å². The number of carbonyl (C=O) groups is 2. The number of ether oxygens (including phenoxy) is 1. The average Bonchev–Trinajstić information content (AvgIpc) is 2.96. The molecule has 7 nitrogen and oxygen atoms in total. The third-order valence-electron chi connectivity index (χ3n) is 3.69. The van der Waals surface area contributed by atoms with Crippen molar-refractivity contribution < 1.29 is 27.9 Å². The molecule has 0 bridgehead atoms. The van der Waals surface area contributed by atoms with E-state index in [0.29, 0.717) is 25.1 Å². The standard InChI is InChI=1S/C15H19NO6S/c1-23(20,21)12-6-4-11(5-7-12)22-10-8-14(17)16-9-2-3-13(16)15(18)19/h4-7,13H,2-3,8-10H2,1H3,(H,18,19)/t13-/m1/s1. The Morgan fingerprint density at radius 3 is 2.52 bits per heavy atom. The van der Waals surface area contributed by atoms with Crippen LogP contribution in [0.4, 0.5) is 0 Å². The normalized spacial score (nSPS) is 18.0. The van der Waals surface area contributed by atoms with E-state index in [4.69, 9.17) is 9.84 Å². The van der Waals surface area contributed by atoms with Gasteiger partial charge in [0.1, 0.15) is 11.8 Å². The lowest BCUT2D eigenvalue weighted by Gasteiger charge is -2.21. The summed E-state index contributed by atoms with van der Waals surface area (Å²) in [5, 5.41) is 9.05. The van der Waals surface area contributed by atoms with E-state index < -0.39 is 21.8 Å². The van der Waals surface area contributed by atoms with Gasteiger partial charge in [0, 0.05) is 12.8 Å². The fraction of sp³-hybridized carbons (Fsp3) is 0.467. The van der Waals surface area contributed by atoms with Gasteiger partial charge in [-0.3, -0.25) is 4.79 Å². The number of likely N-dealkylation sites (tertiary alicyclic amines) is 1.